The molecule has 0 fully saturated rings. The minimum Gasteiger partial charge on any atom is -0.372 e. The van der Waals surface area contributed by atoms with Crippen LogP contribution in [0, 0.1) is 6.92 Å². The van der Waals surface area contributed by atoms with E-state index in [9.17, 15) is 8.42 Å². The third-order valence-corrected chi connectivity index (χ3v) is 3.13. The molecule has 0 radical (unpaired) electrons. The summed E-state index contributed by atoms with van der Waals surface area (Å²) in [5, 5.41) is 4.87. The normalized spacial score (nSPS) is 11.4. The fraction of sp³-hybridized carbons (Fsp3) is 0.538. The van der Waals surface area contributed by atoms with Gasteiger partial charge in [-0.1, -0.05) is 13.8 Å². The van der Waals surface area contributed by atoms with Crippen molar-refractivity contribution in [3.05, 3.63) is 23.8 Å². The first-order valence-electron chi connectivity index (χ1n) is 6.45. The van der Waals surface area contributed by atoms with E-state index >= 15 is 0 Å². The van der Waals surface area contributed by atoms with Crippen LogP contribution in [0.25, 0.3) is 0 Å². The summed E-state index contributed by atoms with van der Waals surface area (Å²) >= 11 is 0. The van der Waals surface area contributed by atoms with Gasteiger partial charge in [0, 0.05) is 18.8 Å². The molecule has 0 bridgehead atoms. The Morgan fingerprint density at radius 1 is 1.21 bits per heavy atom. The van der Waals surface area contributed by atoms with Crippen molar-refractivity contribution in [1.82, 2.24) is 0 Å². The molecule has 0 heterocycles. The SMILES string of the molecule is CCCN(CCC)c1ccc(OS(N)(=O)=O)c(C)c1. The molecule has 0 spiro atoms. The van der Waals surface area contributed by atoms with Crippen LogP contribution in [0.5, 0.6) is 5.75 Å². The molecule has 0 aliphatic carbocycles. The minimum atomic E-state index is -3.97. The van der Waals surface area contributed by atoms with Gasteiger partial charge in [0.2, 0.25) is 0 Å². The van der Waals surface area contributed by atoms with Gasteiger partial charge in [0.1, 0.15) is 5.75 Å². The number of aryl methyl sites for hydroxylation is 1. The largest absolute Gasteiger partial charge is 0.380 e. The molecule has 0 aliphatic heterocycles. The molecule has 0 aromatic heterocycles. The number of anilines is 1. The number of hydrogen-bond acceptors (Lipinski definition) is 4. The van der Waals surface area contributed by atoms with Crippen LogP contribution in [0.3, 0.4) is 0 Å². The lowest BCUT2D eigenvalue weighted by Gasteiger charge is -2.24. The average molecular weight is 286 g/mol. The fourth-order valence-electron chi connectivity index (χ4n) is 1.96. The van der Waals surface area contributed by atoms with Crippen molar-refractivity contribution in [2.75, 3.05) is 18.0 Å². The standard InChI is InChI=1S/C13H22N2O3S/c1-4-8-15(9-5-2)12-6-7-13(11(3)10-12)18-19(14,16)17/h6-7,10H,4-5,8-9H2,1-3H3,(H2,14,16,17). The van der Waals surface area contributed by atoms with Crippen LogP contribution in [0.2, 0.25) is 0 Å². The third kappa shape index (κ3) is 5.08. The number of nitrogens with zero attached hydrogens (tertiary/aromatic N) is 1. The third-order valence-electron chi connectivity index (χ3n) is 2.72. The smallest absolute Gasteiger partial charge is 0.372 e. The molecule has 1 aromatic carbocycles. The molecule has 0 unspecified atom stereocenters. The number of rotatable bonds is 7. The Morgan fingerprint density at radius 2 is 1.79 bits per heavy atom. The van der Waals surface area contributed by atoms with Crippen LogP contribution >= 0.6 is 0 Å². The van der Waals surface area contributed by atoms with Gasteiger partial charge < -0.3 is 9.08 Å². The second-order valence-electron chi connectivity index (χ2n) is 4.51. The van der Waals surface area contributed by atoms with E-state index in [-0.39, 0.29) is 5.75 Å². The molecule has 2 N–H and O–H groups in total. The number of benzene rings is 1. The zero-order valence-corrected chi connectivity index (χ0v) is 12.5. The molecule has 108 valence electrons. The Morgan fingerprint density at radius 3 is 2.21 bits per heavy atom. The highest BCUT2D eigenvalue weighted by Crippen LogP contribution is 2.25. The zero-order chi connectivity index (χ0) is 14.5. The molecule has 0 aliphatic rings. The van der Waals surface area contributed by atoms with Crippen molar-refractivity contribution in [1.29, 1.82) is 0 Å². The van der Waals surface area contributed by atoms with Crippen molar-refractivity contribution >= 4 is 16.0 Å². The molecule has 0 amide bonds. The van der Waals surface area contributed by atoms with E-state index in [0.717, 1.165) is 37.2 Å². The average Bonchev–Trinajstić information content (AvgIpc) is 2.30. The fourth-order valence-corrected chi connectivity index (χ4v) is 2.40. The van der Waals surface area contributed by atoms with Crippen molar-refractivity contribution in [3.8, 4) is 5.75 Å². The molecule has 1 rings (SSSR count). The predicted octanol–water partition coefficient (Wildman–Crippen LogP) is 2.20. The topological polar surface area (TPSA) is 72.6 Å². The van der Waals surface area contributed by atoms with Crippen molar-refractivity contribution in [3.63, 3.8) is 0 Å². The van der Waals surface area contributed by atoms with E-state index in [1.807, 2.05) is 12.1 Å². The molecule has 6 heteroatoms. The van der Waals surface area contributed by atoms with E-state index in [1.165, 1.54) is 0 Å². The molecular weight excluding hydrogens is 264 g/mol. The second-order valence-corrected chi connectivity index (χ2v) is 5.67. The summed E-state index contributed by atoms with van der Waals surface area (Å²) in [6.07, 6.45) is 2.13. The van der Waals surface area contributed by atoms with Gasteiger partial charge in [-0.25, -0.2) is 0 Å². The first-order valence-corrected chi connectivity index (χ1v) is 7.92. The second kappa shape index (κ2) is 6.77. The maximum absolute atomic E-state index is 10.9. The van der Waals surface area contributed by atoms with Gasteiger partial charge in [-0.15, -0.1) is 0 Å². The molecule has 0 saturated carbocycles. The molecule has 0 atom stereocenters. The Bertz CT molecular complexity index is 509. The quantitative estimate of drug-likeness (QED) is 0.834. The van der Waals surface area contributed by atoms with Gasteiger partial charge in [0.25, 0.3) is 0 Å². The maximum Gasteiger partial charge on any atom is 0.380 e. The van der Waals surface area contributed by atoms with Crippen LogP contribution < -0.4 is 14.2 Å². The highest BCUT2D eigenvalue weighted by molar-refractivity contribution is 7.84. The van der Waals surface area contributed by atoms with Crippen LogP contribution in [0.4, 0.5) is 5.69 Å². The van der Waals surface area contributed by atoms with Gasteiger partial charge in [-0.2, -0.15) is 13.6 Å². The summed E-state index contributed by atoms with van der Waals surface area (Å²) < 4.78 is 26.6. The predicted molar refractivity (Wildman–Crippen MR) is 77.7 cm³/mol. The molecule has 5 nitrogen and oxygen atoms in total. The van der Waals surface area contributed by atoms with Crippen molar-refractivity contribution < 1.29 is 12.6 Å². The molecule has 1 aromatic rings. The zero-order valence-electron chi connectivity index (χ0n) is 11.7. The Balaban J connectivity index is 2.97. The van der Waals surface area contributed by atoms with Gasteiger partial charge in [-0.3, -0.25) is 0 Å². The first-order chi connectivity index (χ1) is 8.87. The molecule has 19 heavy (non-hydrogen) atoms. The Labute approximate surface area is 115 Å². The first kappa shape index (κ1) is 15.8. The highest BCUT2D eigenvalue weighted by atomic mass is 32.2. The van der Waals surface area contributed by atoms with Crippen molar-refractivity contribution in [2.24, 2.45) is 5.14 Å². The van der Waals surface area contributed by atoms with E-state index < -0.39 is 10.3 Å². The monoisotopic (exact) mass is 286 g/mol. The van der Waals surface area contributed by atoms with Crippen molar-refractivity contribution in [2.45, 2.75) is 33.6 Å². The molecular formula is C13H22N2O3S. The summed E-state index contributed by atoms with van der Waals surface area (Å²) in [5.74, 6) is 0.277. The highest BCUT2D eigenvalue weighted by Gasteiger charge is 2.11. The van der Waals surface area contributed by atoms with Gasteiger partial charge in [0.05, 0.1) is 0 Å². The minimum absolute atomic E-state index is 0.277. The number of nitrogens with two attached hydrogens (primary N) is 1. The maximum atomic E-state index is 10.9. The summed E-state index contributed by atoms with van der Waals surface area (Å²) in [6.45, 7) is 8.02. The summed E-state index contributed by atoms with van der Waals surface area (Å²) in [5.41, 5.74) is 1.83. The van der Waals surface area contributed by atoms with E-state index in [1.54, 1.807) is 13.0 Å². The number of hydrogen-bond donors (Lipinski definition) is 1. The van der Waals surface area contributed by atoms with Crippen LogP contribution in [-0.2, 0) is 10.3 Å². The Kier molecular flexibility index (Phi) is 5.62. The van der Waals surface area contributed by atoms with Crippen LogP contribution in [-0.4, -0.2) is 21.5 Å². The van der Waals surface area contributed by atoms with Gasteiger partial charge in [0.15, 0.2) is 0 Å². The molecule has 0 saturated heterocycles. The van der Waals surface area contributed by atoms with Gasteiger partial charge >= 0.3 is 10.3 Å². The summed E-state index contributed by atoms with van der Waals surface area (Å²) in [7, 11) is -3.97. The Hall–Kier alpha value is -1.27. The lowest BCUT2D eigenvalue weighted by Crippen LogP contribution is -2.25. The van der Waals surface area contributed by atoms with E-state index in [2.05, 4.69) is 18.7 Å². The van der Waals surface area contributed by atoms with E-state index in [0.29, 0.717) is 0 Å². The lowest BCUT2D eigenvalue weighted by atomic mass is 10.1. The van der Waals surface area contributed by atoms with E-state index in [4.69, 9.17) is 9.32 Å². The summed E-state index contributed by atoms with van der Waals surface area (Å²) in [6, 6.07) is 5.43. The van der Waals surface area contributed by atoms with Crippen LogP contribution in [0.1, 0.15) is 32.3 Å². The van der Waals surface area contributed by atoms with Gasteiger partial charge in [-0.05, 0) is 43.5 Å². The van der Waals surface area contributed by atoms with Crippen LogP contribution in [0.15, 0.2) is 18.2 Å². The summed E-state index contributed by atoms with van der Waals surface area (Å²) in [4.78, 5) is 2.27. The lowest BCUT2D eigenvalue weighted by molar-refractivity contribution is 0.486.